The van der Waals surface area contributed by atoms with Crippen LogP contribution in [0.15, 0.2) is 0 Å². The number of rotatable bonds is 5. The van der Waals surface area contributed by atoms with Gasteiger partial charge < -0.3 is 10.6 Å². The number of hydrogen-bond donors (Lipinski definition) is 2. The van der Waals surface area contributed by atoms with Gasteiger partial charge in [0.2, 0.25) is 5.91 Å². The molecule has 2 fully saturated rings. The summed E-state index contributed by atoms with van der Waals surface area (Å²) in [7, 11) is 0. The number of nitrogens with one attached hydrogen (secondary N) is 2. The molecule has 0 spiro atoms. The second kappa shape index (κ2) is 8.50. The number of carbonyl (C=O) groups is 1. The first kappa shape index (κ1) is 18.8. The zero-order chi connectivity index (χ0) is 16.9. The molecule has 0 aromatic heterocycles. The van der Waals surface area contributed by atoms with Crippen molar-refractivity contribution in [2.24, 2.45) is 23.2 Å². The predicted molar refractivity (Wildman–Crippen MR) is 97.3 cm³/mol. The standard InChI is InChI=1S/C20H38N2O/c1-5-6-16-14-21-12-11-18(16)19(23)22-17-9-7-15(8-10-17)13-20(2,3)4/h15-18,21H,5-14H2,1-4H3,(H,22,23). The Bertz CT molecular complexity index is 364. The molecule has 2 aliphatic rings. The second-order valence-electron chi connectivity index (χ2n) is 9.14. The fourth-order valence-corrected chi connectivity index (χ4v) is 4.63. The van der Waals surface area contributed by atoms with Gasteiger partial charge in [-0.05, 0) is 75.3 Å². The van der Waals surface area contributed by atoms with Crippen molar-refractivity contribution >= 4 is 5.91 Å². The summed E-state index contributed by atoms with van der Waals surface area (Å²) in [6.07, 6.45) is 9.60. The topological polar surface area (TPSA) is 41.1 Å². The summed E-state index contributed by atoms with van der Waals surface area (Å²) in [6, 6.07) is 0.427. The molecule has 2 rings (SSSR count). The van der Waals surface area contributed by atoms with Gasteiger partial charge in [-0.25, -0.2) is 0 Å². The highest BCUT2D eigenvalue weighted by molar-refractivity contribution is 5.79. The van der Waals surface area contributed by atoms with Crippen LogP contribution in [0.5, 0.6) is 0 Å². The van der Waals surface area contributed by atoms with E-state index >= 15 is 0 Å². The maximum Gasteiger partial charge on any atom is 0.223 e. The molecular weight excluding hydrogens is 284 g/mol. The Kier molecular flexibility index (Phi) is 6.94. The van der Waals surface area contributed by atoms with E-state index in [2.05, 4.69) is 38.3 Å². The van der Waals surface area contributed by atoms with Gasteiger partial charge in [0.15, 0.2) is 0 Å². The van der Waals surface area contributed by atoms with Gasteiger partial charge in [-0.15, -0.1) is 0 Å². The quantitative estimate of drug-likeness (QED) is 0.799. The minimum atomic E-state index is 0.239. The smallest absolute Gasteiger partial charge is 0.223 e. The van der Waals surface area contributed by atoms with E-state index in [1.165, 1.54) is 44.9 Å². The normalized spacial score (nSPS) is 32.5. The van der Waals surface area contributed by atoms with Crippen molar-refractivity contribution < 1.29 is 4.79 Å². The monoisotopic (exact) mass is 322 g/mol. The first-order valence-electron chi connectivity index (χ1n) is 9.90. The maximum absolute atomic E-state index is 12.7. The van der Waals surface area contributed by atoms with E-state index in [0.717, 1.165) is 25.4 Å². The Morgan fingerprint density at radius 1 is 1.13 bits per heavy atom. The van der Waals surface area contributed by atoms with Crippen molar-refractivity contribution in [2.45, 2.75) is 85.1 Å². The SMILES string of the molecule is CCCC1CNCCC1C(=O)NC1CCC(CC(C)(C)C)CC1. The van der Waals surface area contributed by atoms with Crippen LogP contribution in [0.25, 0.3) is 0 Å². The Labute approximate surface area is 143 Å². The van der Waals surface area contributed by atoms with Gasteiger partial charge >= 0.3 is 0 Å². The minimum absolute atomic E-state index is 0.239. The van der Waals surface area contributed by atoms with Crippen molar-refractivity contribution in [1.82, 2.24) is 10.6 Å². The third-order valence-electron chi connectivity index (χ3n) is 5.70. The van der Waals surface area contributed by atoms with E-state index in [-0.39, 0.29) is 5.92 Å². The zero-order valence-corrected chi connectivity index (χ0v) is 15.8. The maximum atomic E-state index is 12.7. The molecule has 0 bridgehead atoms. The van der Waals surface area contributed by atoms with Gasteiger partial charge in [0.1, 0.15) is 0 Å². The van der Waals surface area contributed by atoms with Crippen LogP contribution in [0.4, 0.5) is 0 Å². The molecule has 134 valence electrons. The number of hydrogen-bond acceptors (Lipinski definition) is 2. The summed E-state index contributed by atoms with van der Waals surface area (Å²) in [6.45, 7) is 11.3. The molecule has 1 aliphatic heterocycles. The number of piperidine rings is 1. The summed E-state index contributed by atoms with van der Waals surface area (Å²) in [5.41, 5.74) is 0.434. The van der Waals surface area contributed by atoms with Gasteiger partial charge in [-0.3, -0.25) is 4.79 Å². The Balaban J connectivity index is 1.77. The van der Waals surface area contributed by atoms with Crippen LogP contribution in [0.2, 0.25) is 0 Å². The van der Waals surface area contributed by atoms with E-state index in [1.807, 2.05) is 0 Å². The van der Waals surface area contributed by atoms with Crippen LogP contribution in [0, 0.1) is 23.2 Å². The predicted octanol–water partition coefficient (Wildman–Crippen LogP) is 4.12. The molecule has 2 unspecified atom stereocenters. The highest BCUT2D eigenvalue weighted by Gasteiger charge is 2.32. The lowest BCUT2D eigenvalue weighted by Gasteiger charge is -2.35. The molecule has 0 aromatic rings. The van der Waals surface area contributed by atoms with Crippen molar-refractivity contribution in [3.63, 3.8) is 0 Å². The molecule has 1 saturated carbocycles. The lowest BCUT2D eigenvalue weighted by Crippen LogP contribution is -2.48. The van der Waals surface area contributed by atoms with Crippen LogP contribution in [-0.2, 0) is 4.79 Å². The van der Waals surface area contributed by atoms with Crippen LogP contribution in [0.1, 0.15) is 79.1 Å². The van der Waals surface area contributed by atoms with Crippen LogP contribution >= 0.6 is 0 Å². The average molecular weight is 323 g/mol. The average Bonchev–Trinajstić information content (AvgIpc) is 2.48. The summed E-state index contributed by atoms with van der Waals surface area (Å²) in [5.74, 6) is 1.97. The third-order valence-corrected chi connectivity index (χ3v) is 5.70. The highest BCUT2D eigenvalue weighted by Crippen LogP contribution is 2.34. The number of amides is 1. The molecule has 2 N–H and O–H groups in total. The fraction of sp³-hybridized carbons (Fsp3) is 0.950. The molecule has 1 aliphatic carbocycles. The van der Waals surface area contributed by atoms with E-state index in [0.29, 0.717) is 23.3 Å². The fourth-order valence-electron chi connectivity index (χ4n) is 4.63. The van der Waals surface area contributed by atoms with Crippen LogP contribution in [-0.4, -0.2) is 25.0 Å². The Morgan fingerprint density at radius 3 is 2.43 bits per heavy atom. The largest absolute Gasteiger partial charge is 0.353 e. The highest BCUT2D eigenvalue weighted by atomic mass is 16.2. The molecule has 3 nitrogen and oxygen atoms in total. The van der Waals surface area contributed by atoms with Gasteiger partial charge in [0.05, 0.1) is 0 Å². The summed E-state index contributed by atoms with van der Waals surface area (Å²) in [4.78, 5) is 12.7. The molecule has 3 heteroatoms. The lowest BCUT2D eigenvalue weighted by atomic mass is 9.76. The minimum Gasteiger partial charge on any atom is -0.353 e. The van der Waals surface area contributed by atoms with Crippen molar-refractivity contribution in [3.8, 4) is 0 Å². The van der Waals surface area contributed by atoms with Crippen molar-refractivity contribution in [3.05, 3.63) is 0 Å². The van der Waals surface area contributed by atoms with E-state index in [4.69, 9.17) is 0 Å². The van der Waals surface area contributed by atoms with Crippen LogP contribution < -0.4 is 10.6 Å². The lowest BCUT2D eigenvalue weighted by molar-refractivity contribution is -0.128. The summed E-state index contributed by atoms with van der Waals surface area (Å²) < 4.78 is 0. The molecule has 1 amide bonds. The molecule has 23 heavy (non-hydrogen) atoms. The van der Waals surface area contributed by atoms with E-state index in [9.17, 15) is 4.79 Å². The first-order valence-corrected chi connectivity index (χ1v) is 9.90. The Morgan fingerprint density at radius 2 is 1.83 bits per heavy atom. The molecule has 0 aromatic carbocycles. The van der Waals surface area contributed by atoms with Crippen molar-refractivity contribution in [2.75, 3.05) is 13.1 Å². The van der Waals surface area contributed by atoms with Gasteiger partial charge in [-0.1, -0.05) is 34.1 Å². The first-order chi connectivity index (χ1) is 10.9. The van der Waals surface area contributed by atoms with E-state index in [1.54, 1.807) is 0 Å². The summed E-state index contributed by atoms with van der Waals surface area (Å²) in [5, 5.41) is 6.85. The molecule has 1 heterocycles. The number of carbonyl (C=O) groups excluding carboxylic acids is 1. The van der Waals surface area contributed by atoms with Crippen molar-refractivity contribution in [1.29, 1.82) is 0 Å². The summed E-state index contributed by atoms with van der Waals surface area (Å²) >= 11 is 0. The van der Waals surface area contributed by atoms with E-state index < -0.39 is 0 Å². The van der Waals surface area contributed by atoms with Gasteiger partial charge in [0, 0.05) is 12.0 Å². The Hall–Kier alpha value is -0.570. The van der Waals surface area contributed by atoms with Crippen LogP contribution in [0.3, 0.4) is 0 Å². The molecule has 2 atom stereocenters. The second-order valence-corrected chi connectivity index (χ2v) is 9.14. The molecule has 1 saturated heterocycles. The third kappa shape index (κ3) is 6.10. The molecule has 0 radical (unpaired) electrons. The molecular formula is C20H38N2O. The zero-order valence-electron chi connectivity index (χ0n) is 15.8. The van der Waals surface area contributed by atoms with Gasteiger partial charge in [-0.2, -0.15) is 0 Å². The van der Waals surface area contributed by atoms with Gasteiger partial charge in [0.25, 0.3) is 0 Å².